The molecule has 0 saturated carbocycles. The van der Waals surface area contributed by atoms with Gasteiger partial charge in [-0.05, 0) is 44.4 Å². The predicted molar refractivity (Wildman–Crippen MR) is 74.0 cm³/mol. The third-order valence-electron chi connectivity index (χ3n) is 4.54. The average Bonchev–Trinajstić information content (AvgIpc) is 2.87. The first-order chi connectivity index (χ1) is 9.54. The summed E-state index contributed by atoms with van der Waals surface area (Å²) >= 11 is 0. The van der Waals surface area contributed by atoms with E-state index in [1.165, 1.54) is 0 Å². The molecular formula is C16H21F2NO. The highest BCUT2D eigenvalue weighted by Gasteiger charge is 2.38. The van der Waals surface area contributed by atoms with E-state index in [-0.39, 0.29) is 11.9 Å². The molecule has 0 radical (unpaired) electrons. The van der Waals surface area contributed by atoms with Gasteiger partial charge in [-0.15, -0.1) is 6.42 Å². The van der Waals surface area contributed by atoms with Gasteiger partial charge in [0, 0.05) is 24.4 Å². The monoisotopic (exact) mass is 281 g/mol. The molecule has 0 aromatic carbocycles. The van der Waals surface area contributed by atoms with E-state index in [9.17, 15) is 13.6 Å². The Hall–Kier alpha value is -1.37. The number of allylic oxidation sites excluding steroid dienone is 2. The lowest BCUT2D eigenvalue weighted by Gasteiger charge is -2.34. The van der Waals surface area contributed by atoms with Crippen molar-refractivity contribution in [3.8, 4) is 12.3 Å². The summed E-state index contributed by atoms with van der Waals surface area (Å²) in [5.41, 5.74) is 0. The number of carbonyl (C=O) groups is 1. The summed E-state index contributed by atoms with van der Waals surface area (Å²) in [5, 5.41) is 0. The van der Waals surface area contributed by atoms with Crippen molar-refractivity contribution in [3.63, 3.8) is 0 Å². The molecular weight excluding hydrogens is 260 g/mol. The molecule has 4 heteroatoms. The van der Waals surface area contributed by atoms with E-state index in [4.69, 9.17) is 6.42 Å². The highest BCUT2D eigenvalue weighted by Crippen LogP contribution is 2.35. The standard InChI is InChI=1S/C16H21F2NO/c1-3-14(17)16(18)11(2)7-8-13-10-9-12-5-4-6-15(20)19(12)13/h1,11-13H,4-10H2,2H3/b16-14-/t11?,12-,13+/m0/s1. The fourth-order valence-corrected chi connectivity index (χ4v) is 3.41. The lowest BCUT2D eigenvalue weighted by molar-refractivity contribution is -0.136. The normalized spacial score (nSPS) is 28.7. The Labute approximate surface area is 119 Å². The van der Waals surface area contributed by atoms with Gasteiger partial charge in [0.15, 0.2) is 0 Å². The zero-order chi connectivity index (χ0) is 14.7. The molecule has 0 aromatic rings. The number of hydrogen-bond donors (Lipinski definition) is 0. The zero-order valence-corrected chi connectivity index (χ0v) is 11.9. The number of carbonyl (C=O) groups excluding carboxylic acids is 1. The number of fused-ring (bicyclic) bond motifs is 1. The summed E-state index contributed by atoms with van der Waals surface area (Å²) in [6.45, 7) is 1.64. The van der Waals surface area contributed by atoms with Gasteiger partial charge in [-0.2, -0.15) is 4.39 Å². The number of rotatable bonds is 4. The van der Waals surface area contributed by atoms with Crippen molar-refractivity contribution in [2.24, 2.45) is 5.92 Å². The second-order valence-corrected chi connectivity index (χ2v) is 5.86. The molecule has 2 aliphatic heterocycles. The SMILES string of the molecule is C#C/C(F)=C(/F)C(C)CC[C@@H]1CC[C@@H]2CCCC(=O)N12. The van der Waals surface area contributed by atoms with Crippen molar-refractivity contribution >= 4 is 5.91 Å². The molecule has 20 heavy (non-hydrogen) atoms. The van der Waals surface area contributed by atoms with Crippen LogP contribution in [0, 0.1) is 18.3 Å². The van der Waals surface area contributed by atoms with Gasteiger partial charge in [-0.3, -0.25) is 4.79 Å². The van der Waals surface area contributed by atoms with Crippen molar-refractivity contribution in [1.82, 2.24) is 4.90 Å². The van der Waals surface area contributed by atoms with Crippen LogP contribution in [0.2, 0.25) is 0 Å². The second kappa shape index (κ2) is 6.39. The summed E-state index contributed by atoms with van der Waals surface area (Å²) in [6.07, 6.45) is 10.8. The molecule has 2 nitrogen and oxygen atoms in total. The Morgan fingerprint density at radius 2 is 2.20 bits per heavy atom. The smallest absolute Gasteiger partial charge is 0.223 e. The Balaban J connectivity index is 1.92. The number of piperidine rings is 1. The quantitative estimate of drug-likeness (QED) is 0.719. The number of nitrogens with zero attached hydrogens (tertiary/aromatic N) is 1. The maximum Gasteiger partial charge on any atom is 0.223 e. The van der Waals surface area contributed by atoms with Crippen LogP contribution in [0.4, 0.5) is 8.78 Å². The minimum atomic E-state index is -1.10. The third-order valence-corrected chi connectivity index (χ3v) is 4.54. The number of hydrogen-bond acceptors (Lipinski definition) is 1. The van der Waals surface area contributed by atoms with Crippen LogP contribution >= 0.6 is 0 Å². The van der Waals surface area contributed by atoms with E-state index in [1.807, 2.05) is 4.90 Å². The molecule has 2 heterocycles. The van der Waals surface area contributed by atoms with Crippen LogP contribution in [-0.4, -0.2) is 22.9 Å². The first-order valence-electron chi connectivity index (χ1n) is 7.37. The van der Waals surface area contributed by atoms with Gasteiger partial charge < -0.3 is 4.90 Å². The minimum Gasteiger partial charge on any atom is -0.337 e. The summed E-state index contributed by atoms with van der Waals surface area (Å²) in [5.74, 6) is -0.541. The van der Waals surface area contributed by atoms with Crippen molar-refractivity contribution in [3.05, 3.63) is 11.7 Å². The molecule has 0 spiro atoms. The first-order valence-corrected chi connectivity index (χ1v) is 7.37. The predicted octanol–water partition coefficient (Wildman–Crippen LogP) is 3.73. The van der Waals surface area contributed by atoms with Gasteiger partial charge in [-0.25, -0.2) is 4.39 Å². The summed E-state index contributed by atoms with van der Waals surface area (Å²) in [4.78, 5) is 14.0. The van der Waals surface area contributed by atoms with Gasteiger partial charge in [0.05, 0.1) is 0 Å². The van der Waals surface area contributed by atoms with Crippen LogP contribution in [0.15, 0.2) is 11.7 Å². The van der Waals surface area contributed by atoms with E-state index in [1.54, 1.807) is 12.8 Å². The summed E-state index contributed by atoms with van der Waals surface area (Å²) in [7, 11) is 0. The molecule has 1 amide bonds. The zero-order valence-electron chi connectivity index (χ0n) is 11.9. The largest absolute Gasteiger partial charge is 0.337 e. The maximum absolute atomic E-state index is 13.6. The van der Waals surface area contributed by atoms with Crippen molar-refractivity contribution < 1.29 is 13.6 Å². The van der Waals surface area contributed by atoms with E-state index in [0.717, 1.165) is 25.7 Å². The Morgan fingerprint density at radius 3 is 2.90 bits per heavy atom. The van der Waals surface area contributed by atoms with Crippen molar-refractivity contribution in [2.75, 3.05) is 0 Å². The average molecular weight is 281 g/mol. The molecule has 0 bridgehead atoms. The molecule has 2 fully saturated rings. The molecule has 110 valence electrons. The lowest BCUT2D eigenvalue weighted by Crippen LogP contribution is -2.44. The van der Waals surface area contributed by atoms with E-state index in [2.05, 4.69) is 0 Å². The third kappa shape index (κ3) is 3.03. The lowest BCUT2D eigenvalue weighted by atomic mass is 9.98. The maximum atomic E-state index is 13.6. The Kier molecular flexibility index (Phi) is 4.80. The van der Waals surface area contributed by atoms with E-state index >= 15 is 0 Å². The topological polar surface area (TPSA) is 20.3 Å². The molecule has 0 N–H and O–H groups in total. The fraction of sp³-hybridized carbons (Fsp3) is 0.688. The summed E-state index contributed by atoms with van der Waals surface area (Å²) < 4.78 is 26.6. The van der Waals surface area contributed by atoms with Crippen LogP contribution < -0.4 is 0 Å². The molecule has 0 aromatic heterocycles. The van der Waals surface area contributed by atoms with Crippen LogP contribution in [0.3, 0.4) is 0 Å². The molecule has 3 atom stereocenters. The van der Waals surface area contributed by atoms with Crippen LogP contribution in [0.25, 0.3) is 0 Å². The molecule has 2 aliphatic rings. The van der Waals surface area contributed by atoms with E-state index in [0.29, 0.717) is 25.3 Å². The molecule has 1 unspecified atom stereocenters. The van der Waals surface area contributed by atoms with Gasteiger partial charge >= 0.3 is 0 Å². The Bertz CT molecular complexity index is 452. The summed E-state index contributed by atoms with van der Waals surface area (Å²) in [6, 6.07) is 0.566. The number of halogens is 2. The Morgan fingerprint density at radius 1 is 1.45 bits per heavy atom. The number of terminal acetylenes is 1. The van der Waals surface area contributed by atoms with Gasteiger partial charge in [-0.1, -0.05) is 6.92 Å². The van der Waals surface area contributed by atoms with Gasteiger partial charge in [0.25, 0.3) is 0 Å². The first kappa shape index (κ1) is 15.0. The van der Waals surface area contributed by atoms with Crippen molar-refractivity contribution in [2.45, 2.75) is 64.0 Å². The van der Waals surface area contributed by atoms with Crippen LogP contribution in [-0.2, 0) is 4.79 Å². The van der Waals surface area contributed by atoms with E-state index < -0.39 is 17.6 Å². The highest BCUT2D eigenvalue weighted by atomic mass is 19.2. The number of amides is 1. The van der Waals surface area contributed by atoms with Gasteiger partial charge in [0.1, 0.15) is 5.83 Å². The molecule has 2 saturated heterocycles. The second-order valence-electron chi connectivity index (χ2n) is 5.86. The molecule has 2 rings (SSSR count). The molecule has 0 aliphatic carbocycles. The van der Waals surface area contributed by atoms with Crippen LogP contribution in [0.5, 0.6) is 0 Å². The fourth-order valence-electron chi connectivity index (χ4n) is 3.41. The highest BCUT2D eigenvalue weighted by molar-refractivity contribution is 5.78. The van der Waals surface area contributed by atoms with Crippen molar-refractivity contribution in [1.29, 1.82) is 0 Å². The van der Waals surface area contributed by atoms with Crippen LogP contribution in [0.1, 0.15) is 51.9 Å². The van der Waals surface area contributed by atoms with Gasteiger partial charge in [0.2, 0.25) is 11.7 Å². The minimum absolute atomic E-state index is 0.192.